The van der Waals surface area contributed by atoms with Crippen LogP contribution in [0.25, 0.3) is 0 Å². The zero-order chi connectivity index (χ0) is 14.0. The average Bonchev–Trinajstić information content (AvgIpc) is 2.36. The van der Waals surface area contributed by atoms with Crippen LogP contribution in [0.4, 0.5) is 8.78 Å². The van der Waals surface area contributed by atoms with Crippen molar-refractivity contribution in [3.05, 3.63) is 23.8 Å². The fourth-order valence-electron chi connectivity index (χ4n) is 1.84. The summed E-state index contributed by atoms with van der Waals surface area (Å²) in [6.45, 7) is 0. The number of nitrogens with one attached hydrogen (secondary N) is 2. The van der Waals surface area contributed by atoms with Gasteiger partial charge in [0.2, 0.25) is 11.8 Å². The molecule has 2 N–H and O–H groups in total. The van der Waals surface area contributed by atoms with Crippen molar-refractivity contribution < 1.29 is 23.2 Å². The Balaban J connectivity index is 1.98. The number of allylic oxidation sites excluding steroid dienone is 2. The highest BCUT2D eigenvalue weighted by Crippen LogP contribution is 2.17. The lowest BCUT2D eigenvalue weighted by Crippen LogP contribution is -2.52. The van der Waals surface area contributed by atoms with Crippen LogP contribution in [0.5, 0.6) is 0 Å². The second-order valence-electron chi connectivity index (χ2n) is 4.35. The van der Waals surface area contributed by atoms with Gasteiger partial charge in [0.25, 0.3) is 5.91 Å². The largest absolute Gasteiger partial charge is 0.340 e. The third-order valence-electron chi connectivity index (χ3n) is 2.91. The van der Waals surface area contributed by atoms with Crippen LogP contribution >= 0.6 is 0 Å². The standard InChI is InChI=1S/C12H12F2N2O3/c13-7-2-1-6(5-8(7)14)11(18)15-9-3-4-10(17)16-12(9)19/h1-2,5,7-9H,3-4H2,(H,15,18)(H,16,17,19). The quantitative estimate of drug-likeness (QED) is 0.698. The minimum atomic E-state index is -1.87. The smallest absolute Gasteiger partial charge is 0.251 e. The van der Waals surface area contributed by atoms with Crippen LogP contribution in [0.15, 0.2) is 23.8 Å². The van der Waals surface area contributed by atoms with Crippen LogP contribution in [0.3, 0.4) is 0 Å². The van der Waals surface area contributed by atoms with Gasteiger partial charge in [0.05, 0.1) is 0 Å². The zero-order valence-corrected chi connectivity index (χ0v) is 9.86. The summed E-state index contributed by atoms with van der Waals surface area (Å²) < 4.78 is 25.9. The summed E-state index contributed by atoms with van der Waals surface area (Å²) in [4.78, 5) is 34.1. The number of imide groups is 1. The molecule has 0 aromatic carbocycles. The first-order valence-corrected chi connectivity index (χ1v) is 5.80. The van der Waals surface area contributed by atoms with Crippen LogP contribution < -0.4 is 10.6 Å². The van der Waals surface area contributed by atoms with E-state index in [9.17, 15) is 23.2 Å². The molecule has 0 radical (unpaired) electrons. The van der Waals surface area contributed by atoms with Crippen LogP contribution in [0, 0.1) is 0 Å². The maximum absolute atomic E-state index is 13.1. The van der Waals surface area contributed by atoms with Gasteiger partial charge in [-0.15, -0.1) is 0 Å². The van der Waals surface area contributed by atoms with Crippen molar-refractivity contribution in [2.75, 3.05) is 0 Å². The van der Waals surface area contributed by atoms with Crippen molar-refractivity contribution in [2.45, 2.75) is 31.2 Å². The summed E-state index contributed by atoms with van der Waals surface area (Å²) in [7, 11) is 0. The minimum Gasteiger partial charge on any atom is -0.340 e. The predicted octanol–water partition coefficient (Wildman–Crippen LogP) is 0.0802. The molecule has 2 aliphatic rings. The maximum atomic E-state index is 13.1. The molecule has 1 heterocycles. The molecule has 1 aliphatic heterocycles. The number of carbonyl (C=O) groups is 3. The Hall–Kier alpha value is -2.05. The fraction of sp³-hybridized carbons (Fsp3) is 0.417. The van der Waals surface area contributed by atoms with Gasteiger partial charge in [-0.2, -0.15) is 0 Å². The number of piperidine rings is 1. The van der Waals surface area contributed by atoms with E-state index in [1.807, 2.05) is 0 Å². The molecule has 0 saturated carbocycles. The highest BCUT2D eigenvalue weighted by molar-refractivity contribution is 6.04. The highest BCUT2D eigenvalue weighted by Gasteiger charge is 2.29. The minimum absolute atomic E-state index is 0.0360. The number of carbonyl (C=O) groups excluding carboxylic acids is 3. The first-order chi connectivity index (χ1) is 8.97. The normalized spacial score (nSPS) is 30.6. The molecule has 3 amide bonds. The predicted molar refractivity (Wildman–Crippen MR) is 61.3 cm³/mol. The van der Waals surface area contributed by atoms with Crippen molar-refractivity contribution in [1.82, 2.24) is 10.6 Å². The summed E-state index contributed by atoms with van der Waals surface area (Å²) in [5.74, 6) is -1.65. The van der Waals surface area contributed by atoms with Gasteiger partial charge in [0.15, 0.2) is 12.3 Å². The van der Waals surface area contributed by atoms with Crippen LogP contribution in [0.2, 0.25) is 0 Å². The fourth-order valence-corrected chi connectivity index (χ4v) is 1.84. The number of alkyl halides is 2. The lowest BCUT2D eigenvalue weighted by Gasteiger charge is -2.22. The first kappa shape index (κ1) is 13.4. The van der Waals surface area contributed by atoms with Crippen molar-refractivity contribution in [2.24, 2.45) is 0 Å². The second kappa shape index (κ2) is 5.29. The molecule has 7 heteroatoms. The number of rotatable bonds is 2. The zero-order valence-electron chi connectivity index (χ0n) is 9.86. The van der Waals surface area contributed by atoms with E-state index in [4.69, 9.17) is 0 Å². The Labute approximate surface area is 107 Å². The van der Waals surface area contributed by atoms with E-state index in [0.29, 0.717) is 0 Å². The second-order valence-corrected chi connectivity index (χ2v) is 4.35. The molecule has 19 heavy (non-hydrogen) atoms. The third kappa shape index (κ3) is 3.04. The third-order valence-corrected chi connectivity index (χ3v) is 2.91. The van der Waals surface area contributed by atoms with Gasteiger partial charge in [0, 0.05) is 12.0 Å². The van der Waals surface area contributed by atoms with E-state index >= 15 is 0 Å². The number of hydrogen-bond donors (Lipinski definition) is 2. The Bertz CT molecular complexity index is 487. The van der Waals surface area contributed by atoms with Crippen LogP contribution in [0.1, 0.15) is 12.8 Å². The number of hydrogen-bond acceptors (Lipinski definition) is 3. The monoisotopic (exact) mass is 270 g/mol. The summed E-state index contributed by atoms with van der Waals surface area (Å²) in [6, 6.07) is -0.833. The van der Waals surface area contributed by atoms with Crippen molar-refractivity contribution >= 4 is 17.7 Å². The molecular weight excluding hydrogens is 258 g/mol. The van der Waals surface area contributed by atoms with Crippen molar-refractivity contribution in [3.8, 4) is 0 Å². The van der Waals surface area contributed by atoms with Gasteiger partial charge >= 0.3 is 0 Å². The topological polar surface area (TPSA) is 75.3 Å². The molecule has 0 bridgehead atoms. The lowest BCUT2D eigenvalue weighted by atomic mass is 10.0. The van der Waals surface area contributed by atoms with Gasteiger partial charge in [-0.05, 0) is 18.6 Å². The molecule has 3 unspecified atom stereocenters. The molecule has 1 saturated heterocycles. The van der Waals surface area contributed by atoms with E-state index < -0.39 is 36.1 Å². The van der Waals surface area contributed by atoms with Gasteiger partial charge in [0.1, 0.15) is 6.04 Å². The van der Waals surface area contributed by atoms with E-state index in [1.165, 1.54) is 6.08 Å². The number of amides is 3. The summed E-state index contributed by atoms with van der Waals surface area (Å²) >= 11 is 0. The van der Waals surface area contributed by atoms with Crippen molar-refractivity contribution in [1.29, 1.82) is 0 Å². The summed E-state index contributed by atoms with van der Waals surface area (Å²) in [5.41, 5.74) is -0.0360. The molecule has 2 rings (SSSR count). The SMILES string of the molecule is O=C1CCC(NC(=O)C2=CC(F)C(F)C=C2)C(=O)N1. The first-order valence-electron chi connectivity index (χ1n) is 5.80. The molecule has 1 fully saturated rings. The summed E-state index contributed by atoms with van der Waals surface area (Å²) in [5, 5.41) is 4.47. The average molecular weight is 270 g/mol. The molecular formula is C12H12F2N2O3. The Morgan fingerprint density at radius 1 is 1.32 bits per heavy atom. The van der Waals surface area contributed by atoms with Crippen molar-refractivity contribution in [3.63, 3.8) is 0 Å². The van der Waals surface area contributed by atoms with Gasteiger partial charge in [-0.3, -0.25) is 19.7 Å². The van der Waals surface area contributed by atoms with E-state index in [2.05, 4.69) is 10.6 Å². The lowest BCUT2D eigenvalue weighted by molar-refractivity contribution is -0.136. The summed E-state index contributed by atoms with van der Waals surface area (Å²) in [6.07, 6.45) is -0.320. The van der Waals surface area contributed by atoms with E-state index in [1.54, 1.807) is 0 Å². The van der Waals surface area contributed by atoms with Crippen LogP contribution in [-0.2, 0) is 14.4 Å². The Morgan fingerprint density at radius 2 is 2.05 bits per heavy atom. The van der Waals surface area contributed by atoms with Gasteiger partial charge in [-0.1, -0.05) is 6.08 Å². The Kier molecular flexibility index (Phi) is 3.73. The molecule has 1 aliphatic carbocycles. The van der Waals surface area contributed by atoms with Gasteiger partial charge < -0.3 is 5.32 Å². The maximum Gasteiger partial charge on any atom is 0.251 e. The molecule has 0 aromatic heterocycles. The molecule has 0 spiro atoms. The Morgan fingerprint density at radius 3 is 2.68 bits per heavy atom. The highest BCUT2D eigenvalue weighted by atomic mass is 19.2. The number of halogens is 2. The molecule has 0 aromatic rings. The van der Waals surface area contributed by atoms with E-state index in [-0.39, 0.29) is 18.4 Å². The van der Waals surface area contributed by atoms with E-state index in [0.717, 1.165) is 12.2 Å². The molecule has 3 atom stereocenters. The van der Waals surface area contributed by atoms with Gasteiger partial charge in [-0.25, -0.2) is 8.78 Å². The molecule has 102 valence electrons. The molecule has 5 nitrogen and oxygen atoms in total. The van der Waals surface area contributed by atoms with Crippen LogP contribution in [-0.4, -0.2) is 36.1 Å².